The highest BCUT2D eigenvalue weighted by Gasteiger charge is 2.19. The molecule has 0 N–H and O–H groups in total. The Kier molecular flexibility index (Phi) is 64.7. The van der Waals surface area contributed by atoms with Crippen molar-refractivity contribution in [2.45, 2.75) is 341 Å². The van der Waals surface area contributed by atoms with Crippen LogP contribution >= 0.6 is 0 Å². The summed E-state index contributed by atoms with van der Waals surface area (Å²) in [6.07, 6.45) is 91.5. The van der Waals surface area contributed by atoms with Crippen LogP contribution in [0.2, 0.25) is 0 Å². The summed E-state index contributed by atoms with van der Waals surface area (Å²) in [6, 6.07) is 0. The second-order valence-electron chi connectivity index (χ2n) is 22.7. The quantitative estimate of drug-likeness (QED) is 0.0261. The number of esters is 3. The normalized spacial score (nSPS) is 12.7. The third kappa shape index (κ3) is 65.1. The molecule has 0 radical (unpaired) electrons. The molecule has 80 heavy (non-hydrogen) atoms. The van der Waals surface area contributed by atoms with Crippen LogP contribution in [0.4, 0.5) is 0 Å². The molecule has 1 unspecified atom stereocenters. The lowest BCUT2D eigenvalue weighted by Gasteiger charge is -2.18. The van der Waals surface area contributed by atoms with Crippen LogP contribution in [0.15, 0.2) is 97.2 Å². The SMILES string of the molecule is CC/C=C\C/C=C\C/C=C\C/C=C\CCCCCCC(=O)OC(COC(=O)CCCCCCC/C=C\CCCCCCC)COC(=O)CCCCCCCCCCCCCCCCCC/C=C\C/C=C\C/C=C\CCCCCCC. The summed E-state index contributed by atoms with van der Waals surface area (Å²) < 4.78 is 16.9. The molecular weight excluding hydrogens is 985 g/mol. The molecule has 0 saturated carbocycles. The van der Waals surface area contributed by atoms with Gasteiger partial charge in [0.15, 0.2) is 6.10 Å². The summed E-state index contributed by atoms with van der Waals surface area (Å²) in [5, 5.41) is 0. The van der Waals surface area contributed by atoms with Gasteiger partial charge in [-0.15, -0.1) is 0 Å². The van der Waals surface area contributed by atoms with Gasteiger partial charge in [0, 0.05) is 19.3 Å². The predicted octanol–water partition coefficient (Wildman–Crippen LogP) is 23.6. The molecule has 0 aromatic heterocycles. The fourth-order valence-electron chi connectivity index (χ4n) is 9.67. The van der Waals surface area contributed by atoms with Gasteiger partial charge in [-0.3, -0.25) is 14.4 Å². The van der Waals surface area contributed by atoms with Crippen molar-refractivity contribution in [2.24, 2.45) is 0 Å². The van der Waals surface area contributed by atoms with Crippen LogP contribution in [0.25, 0.3) is 0 Å². The zero-order valence-electron chi connectivity index (χ0n) is 52.8. The minimum Gasteiger partial charge on any atom is -0.462 e. The number of hydrogen-bond acceptors (Lipinski definition) is 6. The van der Waals surface area contributed by atoms with Crippen molar-refractivity contribution >= 4 is 17.9 Å². The zero-order chi connectivity index (χ0) is 57.8. The molecule has 0 saturated heterocycles. The lowest BCUT2D eigenvalue weighted by molar-refractivity contribution is -0.167. The van der Waals surface area contributed by atoms with Gasteiger partial charge >= 0.3 is 17.9 Å². The topological polar surface area (TPSA) is 78.9 Å². The van der Waals surface area contributed by atoms with Gasteiger partial charge in [0.05, 0.1) is 0 Å². The summed E-state index contributed by atoms with van der Waals surface area (Å²) in [7, 11) is 0. The third-order valence-corrected chi connectivity index (χ3v) is 14.8. The molecule has 6 nitrogen and oxygen atoms in total. The summed E-state index contributed by atoms with van der Waals surface area (Å²) in [4.78, 5) is 38.3. The lowest BCUT2D eigenvalue weighted by atomic mass is 10.0. The standard InChI is InChI=1S/C74H128O6/c1-4-7-10-13-16-19-22-25-28-30-31-32-33-34-35-36-37-38-39-40-41-42-43-45-46-49-52-55-58-61-64-67-73(76)79-70-71(69-78-72(75)66-63-60-57-54-51-48-27-24-21-18-15-12-9-6-3)80-74(77)68-65-62-59-56-53-50-47-44-29-26-23-20-17-14-11-8-5-2/h8,11,17,20,22,24-27,29-31,33-34,47,50,71H,4-7,9-10,12-16,18-19,21,23,28,32,35-46,48-49,51-70H2,1-3H3/b11-8-,20-17-,25-22-,27-24-,29-26-,31-30-,34-33-,50-47-. The van der Waals surface area contributed by atoms with E-state index in [1.54, 1.807) is 0 Å². The van der Waals surface area contributed by atoms with Crippen LogP contribution in [0, 0.1) is 0 Å². The molecule has 0 amide bonds. The molecule has 0 rings (SSSR count). The van der Waals surface area contributed by atoms with Crippen molar-refractivity contribution < 1.29 is 28.6 Å². The van der Waals surface area contributed by atoms with E-state index < -0.39 is 6.10 Å². The lowest BCUT2D eigenvalue weighted by Crippen LogP contribution is -2.30. The van der Waals surface area contributed by atoms with Gasteiger partial charge in [0.1, 0.15) is 13.2 Å². The first-order valence-corrected chi connectivity index (χ1v) is 34.2. The molecule has 1 atom stereocenters. The zero-order valence-corrected chi connectivity index (χ0v) is 52.8. The highest BCUT2D eigenvalue weighted by molar-refractivity contribution is 5.71. The number of rotatable bonds is 62. The van der Waals surface area contributed by atoms with Crippen molar-refractivity contribution in [3.63, 3.8) is 0 Å². The molecule has 0 aromatic rings. The fraction of sp³-hybridized carbons (Fsp3) is 0.743. The van der Waals surface area contributed by atoms with E-state index in [9.17, 15) is 14.4 Å². The number of unbranched alkanes of at least 4 members (excludes halogenated alkanes) is 35. The molecule has 0 aromatic carbocycles. The minimum atomic E-state index is -0.795. The average Bonchev–Trinajstić information content (AvgIpc) is 3.46. The van der Waals surface area contributed by atoms with Crippen molar-refractivity contribution in [2.75, 3.05) is 13.2 Å². The number of ether oxygens (including phenoxy) is 3. The minimum absolute atomic E-state index is 0.0884. The number of hydrogen-bond donors (Lipinski definition) is 0. The fourth-order valence-corrected chi connectivity index (χ4v) is 9.67. The molecule has 0 aliphatic rings. The van der Waals surface area contributed by atoms with Crippen LogP contribution in [-0.4, -0.2) is 37.2 Å². The van der Waals surface area contributed by atoms with E-state index in [4.69, 9.17) is 14.2 Å². The number of carbonyl (C=O) groups excluding carboxylic acids is 3. The molecule has 6 heteroatoms. The van der Waals surface area contributed by atoms with E-state index in [0.717, 1.165) is 116 Å². The Bertz CT molecular complexity index is 1560. The van der Waals surface area contributed by atoms with Crippen LogP contribution in [0.3, 0.4) is 0 Å². The van der Waals surface area contributed by atoms with Crippen LogP contribution in [-0.2, 0) is 28.6 Å². The van der Waals surface area contributed by atoms with Gasteiger partial charge in [-0.25, -0.2) is 0 Å². The van der Waals surface area contributed by atoms with E-state index in [0.29, 0.717) is 19.3 Å². The maximum atomic E-state index is 12.9. The summed E-state index contributed by atoms with van der Waals surface area (Å²) >= 11 is 0. The smallest absolute Gasteiger partial charge is 0.306 e. The van der Waals surface area contributed by atoms with Gasteiger partial charge in [0.25, 0.3) is 0 Å². The Morgan fingerprint density at radius 1 is 0.263 bits per heavy atom. The molecule has 0 heterocycles. The summed E-state index contributed by atoms with van der Waals surface area (Å²) in [5.41, 5.74) is 0. The second-order valence-corrected chi connectivity index (χ2v) is 22.7. The first-order valence-electron chi connectivity index (χ1n) is 34.2. The van der Waals surface area contributed by atoms with Crippen LogP contribution < -0.4 is 0 Å². The maximum absolute atomic E-state index is 12.9. The van der Waals surface area contributed by atoms with Crippen molar-refractivity contribution in [1.82, 2.24) is 0 Å². The Morgan fingerprint density at radius 3 is 0.775 bits per heavy atom. The molecular formula is C74H128O6. The van der Waals surface area contributed by atoms with Crippen molar-refractivity contribution in [1.29, 1.82) is 0 Å². The average molecular weight is 1110 g/mol. The van der Waals surface area contributed by atoms with Gasteiger partial charge in [0.2, 0.25) is 0 Å². The molecule has 0 spiro atoms. The van der Waals surface area contributed by atoms with Gasteiger partial charge < -0.3 is 14.2 Å². The van der Waals surface area contributed by atoms with Crippen molar-refractivity contribution in [3.8, 4) is 0 Å². The largest absolute Gasteiger partial charge is 0.462 e. The Labute approximate surface area is 496 Å². The van der Waals surface area contributed by atoms with E-state index in [2.05, 4.69) is 118 Å². The molecule has 0 aliphatic heterocycles. The molecule has 0 aliphatic carbocycles. The molecule has 0 fully saturated rings. The second kappa shape index (κ2) is 67.8. The van der Waals surface area contributed by atoms with Gasteiger partial charge in [-0.1, -0.05) is 291 Å². The summed E-state index contributed by atoms with van der Waals surface area (Å²) in [5.74, 6) is -0.909. The van der Waals surface area contributed by atoms with E-state index >= 15 is 0 Å². The molecule has 460 valence electrons. The Morgan fingerprint density at radius 2 is 0.487 bits per heavy atom. The first-order chi connectivity index (χ1) is 39.5. The maximum Gasteiger partial charge on any atom is 0.306 e. The van der Waals surface area contributed by atoms with Crippen LogP contribution in [0.1, 0.15) is 335 Å². The van der Waals surface area contributed by atoms with E-state index in [-0.39, 0.29) is 31.1 Å². The number of allylic oxidation sites excluding steroid dienone is 16. The molecule has 0 bridgehead atoms. The Hall–Kier alpha value is -3.67. The summed E-state index contributed by atoms with van der Waals surface area (Å²) in [6.45, 7) is 6.51. The third-order valence-electron chi connectivity index (χ3n) is 14.8. The van der Waals surface area contributed by atoms with Gasteiger partial charge in [-0.05, 0) is 122 Å². The van der Waals surface area contributed by atoms with E-state index in [1.165, 1.54) is 180 Å². The first kappa shape index (κ1) is 76.3. The Balaban J connectivity index is 4.24. The number of carbonyl (C=O) groups is 3. The van der Waals surface area contributed by atoms with Crippen LogP contribution in [0.5, 0.6) is 0 Å². The highest BCUT2D eigenvalue weighted by Crippen LogP contribution is 2.17. The van der Waals surface area contributed by atoms with Crippen molar-refractivity contribution in [3.05, 3.63) is 97.2 Å². The van der Waals surface area contributed by atoms with Gasteiger partial charge in [-0.2, -0.15) is 0 Å². The monoisotopic (exact) mass is 1110 g/mol. The highest BCUT2D eigenvalue weighted by atomic mass is 16.6. The predicted molar refractivity (Wildman–Crippen MR) is 348 cm³/mol. The van der Waals surface area contributed by atoms with E-state index in [1.807, 2.05) is 0 Å².